The van der Waals surface area contributed by atoms with Crippen molar-refractivity contribution in [3.8, 4) is 12.3 Å². The molecular weight excluding hydrogens is 88.1 g/mol. The van der Waals surface area contributed by atoms with Crippen LogP contribution in [0.25, 0.3) is 0 Å². The molecule has 0 spiro atoms. The molecule has 0 aromatic rings. The summed E-state index contributed by atoms with van der Waals surface area (Å²) in [6.07, 6.45) is 6.41. The van der Waals surface area contributed by atoms with Gasteiger partial charge in [0, 0.05) is 0 Å². The maximum absolute atomic E-state index is 8.30. The fraction of sp³-hybridized carbons (Fsp3) is 0.333. The molecule has 0 heterocycles. The van der Waals surface area contributed by atoms with Crippen molar-refractivity contribution in [1.29, 1.82) is 0 Å². The number of rotatable bonds is 1. The Bertz CT molecular complexity index is 106. The summed E-state index contributed by atoms with van der Waals surface area (Å²) in [6.45, 7) is 1.84. The summed E-state index contributed by atoms with van der Waals surface area (Å²) >= 11 is 0. The van der Waals surface area contributed by atoms with E-state index in [-0.39, 0.29) is 6.61 Å². The highest BCUT2D eigenvalue weighted by Crippen LogP contribution is 1.84. The molecule has 7 heavy (non-hydrogen) atoms. The monoisotopic (exact) mass is 96.1 g/mol. The van der Waals surface area contributed by atoms with Crippen molar-refractivity contribution >= 4 is 0 Å². The second kappa shape index (κ2) is 3.45. The number of allylic oxidation sites excluding steroid dienone is 1. The topological polar surface area (TPSA) is 20.2 Å². The smallest absolute Gasteiger partial charge is 0.0648 e. The number of aliphatic hydroxyl groups excluding tert-OH is 1. The van der Waals surface area contributed by atoms with Crippen LogP contribution in [0.2, 0.25) is 0 Å². The zero-order valence-corrected chi connectivity index (χ0v) is 4.31. The van der Waals surface area contributed by atoms with E-state index in [4.69, 9.17) is 11.5 Å². The molecule has 1 nitrogen and oxygen atoms in total. The third kappa shape index (κ3) is 3.08. The first kappa shape index (κ1) is 6.26. The van der Waals surface area contributed by atoms with Crippen molar-refractivity contribution in [2.24, 2.45) is 0 Å². The van der Waals surface area contributed by atoms with Crippen LogP contribution < -0.4 is 0 Å². The maximum atomic E-state index is 8.30. The Balaban J connectivity index is 3.56. The number of terminal acetylenes is 1. The van der Waals surface area contributed by atoms with Gasteiger partial charge >= 0.3 is 0 Å². The molecule has 38 valence electrons. The van der Waals surface area contributed by atoms with E-state index >= 15 is 0 Å². The fourth-order valence-electron chi connectivity index (χ4n) is 0.188. The molecule has 0 amide bonds. The minimum atomic E-state index is 0.0597. The van der Waals surface area contributed by atoms with Gasteiger partial charge in [-0.15, -0.1) is 6.42 Å². The van der Waals surface area contributed by atoms with Crippen molar-refractivity contribution in [3.05, 3.63) is 11.6 Å². The molecule has 1 heteroatoms. The number of hydrogen-bond acceptors (Lipinski definition) is 1. The molecule has 0 unspecified atom stereocenters. The first-order valence-corrected chi connectivity index (χ1v) is 2.04. The van der Waals surface area contributed by atoms with Crippen molar-refractivity contribution in [2.45, 2.75) is 6.92 Å². The van der Waals surface area contributed by atoms with Crippen LogP contribution >= 0.6 is 0 Å². The molecule has 0 saturated heterocycles. The molecule has 1 N–H and O–H groups in total. The molecule has 0 saturated carbocycles. The Morgan fingerprint density at radius 1 is 2.00 bits per heavy atom. The van der Waals surface area contributed by atoms with Crippen LogP contribution in [0.15, 0.2) is 11.6 Å². The molecule has 0 bridgehead atoms. The molecule has 0 rings (SSSR count). The second-order valence-electron chi connectivity index (χ2n) is 1.32. The van der Waals surface area contributed by atoms with Gasteiger partial charge < -0.3 is 5.11 Å². The van der Waals surface area contributed by atoms with Crippen LogP contribution in [0.3, 0.4) is 0 Å². The normalized spacial score (nSPS) is 10.7. The van der Waals surface area contributed by atoms with Gasteiger partial charge in [0.05, 0.1) is 6.61 Å². The van der Waals surface area contributed by atoms with Gasteiger partial charge in [-0.05, 0) is 18.6 Å². The van der Waals surface area contributed by atoms with E-state index in [0.717, 1.165) is 5.57 Å². The Morgan fingerprint density at radius 3 is 2.71 bits per heavy atom. The summed E-state index contributed by atoms with van der Waals surface area (Å²) in [6, 6.07) is 0. The van der Waals surface area contributed by atoms with Gasteiger partial charge in [-0.3, -0.25) is 0 Å². The van der Waals surface area contributed by atoms with E-state index in [0.29, 0.717) is 0 Å². The number of hydrogen-bond donors (Lipinski definition) is 1. The summed E-state index contributed by atoms with van der Waals surface area (Å²) in [5, 5.41) is 8.30. The van der Waals surface area contributed by atoms with E-state index in [1.165, 1.54) is 0 Å². The summed E-state index contributed by atoms with van der Waals surface area (Å²) in [7, 11) is 0. The van der Waals surface area contributed by atoms with E-state index < -0.39 is 0 Å². The van der Waals surface area contributed by atoms with Crippen LogP contribution in [0.4, 0.5) is 0 Å². The van der Waals surface area contributed by atoms with Gasteiger partial charge in [0.2, 0.25) is 0 Å². The molecule has 0 aromatic heterocycles. The molecule has 0 radical (unpaired) electrons. The third-order valence-electron chi connectivity index (χ3n) is 0.579. The Labute approximate surface area is 43.7 Å². The predicted molar refractivity (Wildman–Crippen MR) is 29.7 cm³/mol. The third-order valence-corrected chi connectivity index (χ3v) is 0.579. The average molecular weight is 96.1 g/mol. The van der Waals surface area contributed by atoms with E-state index in [9.17, 15) is 0 Å². The molecular formula is C6H8O. The lowest BCUT2D eigenvalue weighted by Gasteiger charge is -1.84. The summed E-state index contributed by atoms with van der Waals surface area (Å²) in [4.78, 5) is 0. The summed E-state index contributed by atoms with van der Waals surface area (Å²) in [5.74, 6) is 2.30. The van der Waals surface area contributed by atoms with E-state index in [2.05, 4.69) is 5.92 Å². The van der Waals surface area contributed by atoms with Crippen molar-refractivity contribution < 1.29 is 5.11 Å². The average Bonchev–Trinajstić information content (AvgIpc) is 1.68. The fourth-order valence-corrected chi connectivity index (χ4v) is 0.188. The first-order chi connectivity index (χ1) is 3.31. The maximum Gasteiger partial charge on any atom is 0.0648 e. The lowest BCUT2D eigenvalue weighted by atomic mass is 10.3. The minimum Gasteiger partial charge on any atom is -0.392 e. The van der Waals surface area contributed by atoms with Gasteiger partial charge in [-0.2, -0.15) is 0 Å². The molecule has 0 fully saturated rings. The highest BCUT2D eigenvalue weighted by Gasteiger charge is 1.76. The van der Waals surface area contributed by atoms with E-state index in [1.807, 2.05) is 0 Å². The largest absolute Gasteiger partial charge is 0.392 e. The zero-order chi connectivity index (χ0) is 5.70. The Kier molecular flexibility index (Phi) is 3.09. The molecule has 0 aliphatic heterocycles. The molecule has 0 aromatic carbocycles. The molecule has 0 aliphatic rings. The lowest BCUT2D eigenvalue weighted by molar-refractivity contribution is 0.331. The summed E-state index contributed by atoms with van der Waals surface area (Å²) < 4.78 is 0. The van der Waals surface area contributed by atoms with Crippen molar-refractivity contribution in [1.82, 2.24) is 0 Å². The van der Waals surface area contributed by atoms with Crippen molar-refractivity contribution in [3.63, 3.8) is 0 Å². The van der Waals surface area contributed by atoms with Gasteiger partial charge in [-0.1, -0.05) is 5.92 Å². The SMILES string of the molecule is C#C/C=C(/C)CO. The van der Waals surface area contributed by atoms with Crippen molar-refractivity contribution in [2.75, 3.05) is 6.61 Å². The highest BCUT2D eigenvalue weighted by atomic mass is 16.3. The lowest BCUT2D eigenvalue weighted by Crippen LogP contribution is -1.80. The van der Waals surface area contributed by atoms with Crippen LogP contribution in [0.5, 0.6) is 0 Å². The van der Waals surface area contributed by atoms with Crippen LogP contribution in [0.1, 0.15) is 6.92 Å². The highest BCUT2D eigenvalue weighted by molar-refractivity contribution is 5.15. The van der Waals surface area contributed by atoms with Gasteiger partial charge in [0.1, 0.15) is 0 Å². The van der Waals surface area contributed by atoms with Gasteiger partial charge in [0.25, 0.3) is 0 Å². The molecule has 0 atom stereocenters. The van der Waals surface area contributed by atoms with Gasteiger partial charge in [0.15, 0.2) is 0 Å². The van der Waals surface area contributed by atoms with Crippen LogP contribution in [-0.2, 0) is 0 Å². The zero-order valence-electron chi connectivity index (χ0n) is 4.31. The predicted octanol–water partition coefficient (Wildman–Crippen LogP) is 0.558. The van der Waals surface area contributed by atoms with Crippen LogP contribution in [0, 0.1) is 12.3 Å². The quantitative estimate of drug-likeness (QED) is 0.473. The van der Waals surface area contributed by atoms with Gasteiger partial charge in [-0.25, -0.2) is 0 Å². The Morgan fingerprint density at radius 2 is 2.57 bits per heavy atom. The minimum absolute atomic E-state index is 0.0597. The van der Waals surface area contributed by atoms with E-state index in [1.54, 1.807) is 13.0 Å². The Hall–Kier alpha value is -0.740. The second-order valence-corrected chi connectivity index (χ2v) is 1.32. The standard InChI is InChI=1S/C6H8O/c1-3-4-6(2)5-7/h1,4,7H,5H2,2H3/b6-4-. The number of aliphatic hydroxyl groups is 1. The molecule has 0 aliphatic carbocycles. The van der Waals surface area contributed by atoms with Crippen LogP contribution in [-0.4, -0.2) is 11.7 Å². The summed E-state index contributed by atoms with van der Waals surface area (Å²) in [5.41, 5.74) is 0.822. The first-order valence-electron chi connectivity index (χ1n) is 2.04.